The van der Waals surface area contributed by atoms with Crippen molar-refractivity contribution in [1.82, 2.24) is 5.32 Å². The van der Waals surface area contributed by atoms with Crippen molar-refractivity contribution in [2.45, 2.75) is 117 Å². The van der Waals surface area contributed by atoms with Crippen LogP contribution in [0.25, 0.3) is 0 Å². The van der Waals surface area contributed by atoms with E-state index in [0.29, 0.717) is 0 Å². The smallest absolute Gasteiger partial charge is 0.00489 e. The van der Waals surface area contributed by atoms with Crippen LogP contribution in [0.5, 0.6) is 0 Å². The van der Waals surface area contributed by atoms with Gasteiger partial charge in [-0.2, -0.15) is 0 Å². The van der Waals surface area contributed by atoms with E-state index in [2.05, 4.69) is 26.1 Å². The summed E-state index contributed by atoms with van der Waals surface area (Å²) in [6.45, 7) is 10.1. The van der Waals surface area contributed by atoms with Gasteiger partial charge in [0.05, 0.1) is 0 Å². The normalized spacial score (nSPS) is 10.4. The van der Waals surface area contributed by atoms with Crippen LogP contribution in [0.3, 0.4) is 0 Å². The molecule has 0 aliphatic carbocycles. The van der Waals surface area contributed by atoms with Crippen LogP contribution in [-0.4, -0.2) is 19.6 Å². The molecule has 0 aromatic rings. The summed E-state index contributed by atoms with van der Waals surface area (Å²) in [5.74, 6) is 0. The summed E-state index contributed by atoms with van der Waals surface area (Å²) < 4.78 is 0. The monoisotopic (exact) mass is 328 g/mol. The highest BCUT2D eigenvalue weighted by Crippen LogP contribution is 2.03. The van der Waals surface area contributed by atoms with Gasteiger partial charge in [-0.15, -0.1) is 0 Å². The fourth-order valence-electron chi connectivity index (χ4n) is 2.58. The lowest BCUT2D eigenvalue weighted by molar-refractivity contribution is 0.552. The van der Waals surface area contributed by atoms with Crippen LogP contribution in [-0.2, 0) is 0 Å². The average molecular weight is 329 g/mol. The first-order valence-corrected chi connectivity index (χ1v) is 10.7. The maximum atomic E-state index is 5.31. The number of unbranched alkanes of at least 4 members (excludes halogenated alkanes) is 12. The predicted molar refractivity (Wildman–Crippen MR) is 108 cm³/mol. The van der Waals surface area contributed by atoms with E-state index < -0.39 is 0 Å². The maximum absolute atomic E-state index is 5.31. The molecule has 2 heteroatoms. The van der Waals surface area contributed by atoms with E-state index in [9.17, 15) is 0 Å². The predicted octanol–water partition coefficient (Wildman–Crippen LogP) is 6.43. The third-order valence-electron chi connectivity index (χ3n) is 4.22. The van der Waals surface area contributed by atoms with Crippen LogP contribution in [0.1, 0.15) is 117 Å². The number of rotatable bonds is 17. The highest BCUT2D eigenvalue weighted by molar-refractivity contribution is 4.50. The van der Waals surface area contributed by atoms with Crippen LogP contribution in [0.2, 0.25) is 0 Å². The summed E-state index contributed by atoms with van der Waals surface area (Å²) in [4.78, 5) is 0. The van der Waals surface area contributed by atoms with Gasteiger partial charge in [0, 0.05) is 0 Å². The molecule has 3 N–H and O–H groups in total. The van der Waals surface area contributed by atoms with Crippen molar-refractivity contribution < 1.29 is 0 Å². The first-order valence-electron chi connectivity index (χ1n) is 10.7. The molecule has 0 aromatic carbocycles. The fraction of sp³-hybridized carbons (Fsp3) is 1.00. The molecule has 0 saturated heterocycles. The lowest BCUT2D eigenvalue weighted by atomic mass is 10.1. The summed E-state index contributed by atoms with van der Waals surface area (Å²) in [5, 5.41) is 3.54. The first kappa shape index (κ1) is 25.2. The van der Waals surface area contributed by atoms with Crippen LogP contribution in [0.4, 0.5) is 0 Å². The summed E-state index contributed by atoms with van der Waals surface area (Å²) in [7, 11) is 0. The van der Waals surface area contributed by atoms with Crippen molar-refractivity contribution in [3.8, 4) is 0 Å². The summed E-state index contributed by atoms with van der Waals surface area (Å²) in [6.07, 6.45) is 20.5. The quantitative estimate of drug-likeness (QED) is 0.302. The van der Waals surface area contributed by atoms with Crippen molar-refractivity contribution in [2.75, 3.05) is 19.6 Å². The minimum absolute atomic E-state index is 0.865. The Kier molecular flexibility index (Phi) is 29.3. The number of nitrogens with two attached hydrogens (primary N) is 1. The van der Waals surface area contributed by atoms with E-state index in [-0.39, 0.29) is 0 Å². The Labute approximate surface area is 148 Å². The second-order valence-corrected chi connectivity index (χ2v) is 6.78. The van der Waals surface area contributed by atoms with Gasteiger partial charge in [-0.05, 0) is 38.9 Å². The Bertz CT molecular complexity index is 153. The van der Waals surface area contributed by atoms with Crippen LogP contribution in [0, 0.1) is 0 Å². The Morgan fingerprint density at radius 2 is 0.826 bits per heavy atom. The van der Waals surface area contributed by atoms with Gasteiger partial charge in [0.2, 0.25) is 0 Å². The molecule has 142 valence electrons. The molecule has 2 nitrogen and oxygen atoms in total. The molecular weight excluding hydrogens is 280 g/mol. The molecule has 0 rings (SSSR count). The first-order chi connectivity index (χ1) is 11.3. The van der Waals surface area contributed by atoms with Crippen LogP contribution >= 0.6 is 0 Å². The summed E-state index contributed by atoms with van der Waals surface area (Å²) in [5.41, 5.74) is 5.31. The van der Waals surface area contributed by atoms with Crippen molar-refractivity contribution in [1.29, 1.82) is 0 Å². The molecule has 0 radical (unpaired) electrons. The zero-order chi connectivity index (χ0) is 17.4. The largest absolute Gasteiger partial charge is 0.330 e. The van der Waals surface area contributed by atoms with E-state index in [1.54, 1.807) is 0 Å². The molecule has 0 spiro atoms. The number of hydrogen-bond acceptors (Lipinski definition) is 2. The van der Waals surface area contributed by atoms with E-state index in [0.717, 1.165) is 6.54 Å². The van der Waals surface area contributed by atoms with Gasteiger partial charge in [-0.25, -0.2) is 0 Å². The Morgan fingerprint density at radius 3 is 1.17 bits per heavy atom. The topological polar surface area (TPSA) is 38.0 Å². The summed E-state index contributed by atoms with van der Waals surface area (Å²) in [6, 6.07) is 0. The zero-order valence-corrected chi connectivity index (χ0v) is 16.8. The van der Waals surface area contributed by atoms with E-state index >= 15 is 0 Å². The Morgan fingerprint density at radius 1 is 0.478 bits per heavy atom. The van der Waals surface area contributed by atoms with Crippen LogP contribution < -0.4 is 11.1 Å². The van der Waals surface area contributed by atoms with Crippen molar-refractivity contribution >= 4 is 0 Å². The maximum Gasteiger partial charge on any atom is -0.00489 e. The molecule has 0 aliphatic rings. The summed E-state index contributed by atoms with van der Waals surface area (Å²) >= 11 is 0. The zero-order valence-electron chi connectivity index (χ0n) is 16.8. The second kappa shape index (κ2) is 26.8. The average Bonchev–Trinajstić information content (AvgIpc) is 2.57. The van der Waals surface area contributed by atoms with Crippen molar-refractivity contribution in [3.05, 3.63) is 0 Å². The lowest BCUT2D eigenvalue weighted by Gasteiger charge is -2.04. The minimum Gasteiger partial charge on any atom is -0.330 e. The molecule has 0 aliphatic heterocycles. The molecule has 23 heavy (non-hydrogen) atoms. The third kappa shape index (κ3) is 30.4. The lowest BCUT2D eigenvalue weighted by Crippen LogP contribution is -2.16. The van der Waals surface area contributed by atoms with Crippen molar-refractivity contribution in [2.24, 2.45) is 5.73 Å². The number of nitrogens with one attached hydrogen (secondary N) is 1. The molecule has 0 bridgehead atoms. The molecular formula is C21H48N2. The van der Waals surface area contributed by atoms with Crippen LogP contribution in [0.15, 0.2) is 0 Å². The van der Waals surface area contributed by atoms with Gasteiger partial charge in [0.1, 0.15) is 0 Å². The molecule has 0 saturated carbocycles. The minimum atomic E-state index is 0.865. The molecule has 0 amide bonds. The van der Waals surface area contributed by atoms with E-state index in [1.165, 1.54) is 109 Å². The molecule has 0 fully saturated rings. The Balaban J connectivity index is 0. The molecule has 0 heterocycles. The molecule has 0 atom stereocenters. The van der Waals surface area contributed by atoms with Gasteiger partial charge in [0.25, 0.3) is 0 Å². The van der Waals surface area contributed by atoms with Crippen molar-refractivity contribution in [3.63, 3.8) is 0 Å². The second-order valence-electron chi connectivity index (χ2n) is 6.78. The Hall–Kier alpha value is -0.0800. The van der Waals surface area contributed by atoms with E-state index in [4.69, 9.17) is 5.73 Å². The number of hydrogen-bond donors (Lipinski definition) is 2. The SMILES string of the molecule is CCCCCCCN.CCCCCCCNCCCCCCC. The van der Waals surface area contributed by atoms with Gasteiger partial charge < -0.3 is 11.1 Å². The van der Waals surface area contributed by atoms with E-state index in [1.807, 2.05) is 0 Å². The molecule has 0 unspecified atom stereocenters. The fourth-order valence-corrected chi connectivity index (χ4v) is 2.58. The third-order valence-corrected chi connectivity index (χ3v) is 4.22. The van der Waals surface area contributed by atoms with Gasteiger partial charge in [-0.3, -0.25) is 0 Å². The highest BCUT2D eigenvalue weighted by atomic mass is 14.8. The van der Waals surface area contributed by atoms with Gasteiger partial charge in [-0.1, -0.05) is 97.8 Å². The molecule has 0 aromatic heterocycles. The highest BCUT2D eigenvalue weighted by Gasteiger charge is 1.91. The standard InChI is InChI=1S/C14H31N.C7H17N/c1-3-5-7-9-11-13-15-14-12-10-8-6-4-2;1-2-3-4-5-6-7-8/h15H,3-14H2,1-2H3;2-8H2,1H3. The van der Waals surface area contributed by atoms with Gasteiger partial charge in [0.15, 0.2) is 0 Å². The van der Waals surface area contributed by atoms with Gasteiger partial charge >= 0.3 is 0 Å².